The van der Waals surface area contributed by atoms with Gasteiger partial charge in [-0.15, -0.1) is 0 Å². The Morgan fingerprint density at radius 1 is 1.21 bits per heavy atom. The largest absolute Gasteiger partial charge is 0.755 e. The molecule has 0 amide bonds. The first kappa shape index (κ1) is 22.6. The lowest BCUT2D eigenvalue weighted by molar-refractivity contribution is 0.103. The lowest BCUT2D eigenvalue weighted by Gasteiger charge is -2.27. The standard InChI is InChI=1S/C17H16BrF2NO5S2/c1-2-28(25,26)8-7-21(27(23)24)16-10-14(18)13(9-15(16)20)17(22)11-3-5-12(19)6-4-11/h3-6,9-10H,2,7-8H2,1H3,(H,23,24)/p-1. The molecular formula is C17H15BrF2NO5S2-. The molecule has 0 aliphatic carbocycles. The molecule has 0 N–H and O–H groups in total. The van der Waals surface area contributed by atoms with Gasteiger partial charge in [0.25, 0.3) is 0 Å². The number of carbonyl (C=O) groups excluding carboxylic acids is 1. The van der Waals surface area contributed by atoms with Gasteiger partial charge >= 0.3 is 0 Å². The van der Waals surface area contributed by atoms with Crippen LogP contribution in [-0.2, 0) is 21.1 Å². The third-order valence-electron chi connectivity index (χ3n) is 3.88. The molecule has 1 unspecified atom stereocenters. The van der Waals surface area contributed by atoms with E-state index in [1.807, 2.05) is 0 Å². The van der Waals surface area contributed by atoms with E-state index < -0.39 is 56.5 Å². The predicted molar refractivity (Wildman–Crippen MR) is 105 cm³/mol. The highest BCUT2D eigenvalue weighted by atomic mass is 79.9. The molecule has 6 nitrogen and oxygen atoms in total. The maximum Gasteiger partial charge on any atom is 0.194 e. The van der Waals surface area contributed by atoms with Crippen molar-refractivity contribution in [3.05, 3.63) is 63.6 Å². The molecule has 2 rings (SSSR count). The maximum absolute atomic E-state index is 14.6. The molecule has 152 valence electrons. The molecule has 1 atom stereocenters. The Kier molecular flexibility index (Phi) is 7.43. The summed E-state index contributed by atoms with van der Waals surface area (Å²) in [5.74, 6) is -2.81. The van der Waals surface area contributed by atoms with Crippen LogP contribution in [0.4, 0.5) is 14.5 Å². The average Bonchev–Trinajstić information content (AvgIpc) is 2.64. The first-order valence-electron chi connectivity index (χ1n) is 7.92. The number of hydrogen-bond donors (Lipinski definition) is 0. The summed E-state index contributed by atoms with van der Waals surface area (Å²) in [6.45, 7) is 0.946. The van der Waals surface area contributed by atoms with Gasteiger partial charge in [-0.1, -0.05) is 6.92 Å². The van der Waals surface area contributed by atoms with Gasteiger partial charge in [-0.05, 0) is 52.3 Å². The Labute approximate surface area is 172 Å². The summed E-state index contributed by atoms with van der Waals surface area (Å²) in [5.41, 5.74) is -0.375. The summed E-state index contributed by atoms with van der Waals surface area (Å²) in [6, 6.07) is 6.58. The van der Waals surface area contributed by atoms with E-state index in [0.717, 1.165) is 24.3 Å². The molecule has 2 aromatic carbocycles. The van der Waals surface area contributed by atoms with E-state index in [9.17, 15) is 30.8 Å². The number of anilines is 1. The van der Waals surface area contributed by atoms with Gasteiger partial charge in [-0.25, -0.2) is 17.2 Å². The highest BCUT2D eigenvalue weighted by Crippen LogP contribution is 2.30. The number of ketones is 1. The third kappa shape index (κ3) is 5.43. The van der Waals surface area contributed by atoms with Gasteiger partial charge in [0, 0.05) is 39.2 Å². The van der Waals surface area contributed by atoms with Crippen LogP contribution in [0.1, 0.15) is 22.8 Å². The SMILES string of the molecule is CCS(=O)(=O)CCN(c1cc(Br)c(C(=O)c2ccc(F)cc2)cc1F)S(=O)[O-]. The van der Waals surface area contributed by atoms with Crippen LogP contribution in [0, 0.1) is 11.6 Å². The van der Waals surface area contributed by atoms with E-state index in [1.165, 1.54) is 19.1 Å². The number of sulfone groups is 1. The normalized spacial score (nSPS) is 12.6. The molecule has 0 bridgehead atoms. The minimum atomic E-state index is -3.47. The maximum atomic E-state index is 14.6. The quantitative estimate of drug-likeness (QED) is 0.415. The summed E-state index contributed by atoms with van der Waals surface area (Å²) in [4.78, 5) is 12.5. The lowest BCUT2D eigenvalue weighted by atomic mass is 10.0. The Morgan fingerprint density at radius 2 is 1.82 bits per heavy atom. The summed E-state index contributed by atoms with van der Waals surface area (Å²) < 4.78 is 74.5. The topological polar surface area (TPSA) is 94.6 Å². The van der Waals surface area contributed by atoms with E-state index in [1.54, 1.807) is 0 Å². The number of nitrogens with zero attached hydrogens (tertiary/aromatic N) is 1. The van der Waals surface area contributed by atoms with Gasteiger partial charge in [0.2, 0.25) is 0 Å². The molecule has 0 saturated heterocycles. The van der Waals surface area contributed by atoms with E-state index >= 15 is 0 Å². The fraction of sp³-hybridized carbons (Fsp3) is 0.235. The van der Waals surface area contributed by atoms with Crippen LogP contribution in [0.25, 0.3) is 0 Å². The molecular weight excluding hydrogens is 480 g/mol. The van der Waals surface area contributed by atoms with Gasteiger partial charge < -0.3 is 4.55 Å². The highest BCUT2D eigenvalue weighted by Gasteiger charge is 2.21. The van der Waals surface area contributed by atoms with Gasteiger partial charge in [-0.2, -0.15) is 0 Å². The first-order valence-corrected chi connectivity index (χ1v) is 11.6. The van der Waals surface area contributed by atoms with Gasteiger partial charge in [0.05, 0.1) is 11.4 Å². The van der Waals surface area contributed by atoms with Crippen LogP contribution in [0.2, 0.25) is 0 Å². The van der Waals surface area contributed by atoms with E-state index in [4.69, 9.17) is 0 Å². The van der Waals surface area contributed by atoms with Crippen molar-refractivity contribution in [1.29, 1.82) is 0 Å². The fourth-order valence-corrected chi connectivity index (χ4v) is 4.22. The average molecular weight is 495 g/mol. The number of benzene rings is 2. The molecule has 11 heteroatoms. The number of rotatable bonds is 8. The molecule has 0 saturated carbocycles. The molecule has 0 spiro atoms. The van der Waals surface area contributed by atoms with Crippen LogP contribution in [0.15, 0.2) is 40.9 Å². The van der Waals surface area contributed by atoms with Gasteiger partial charge in [0.15, 0.2) is 15.6 Å². The highest BCUT2D eigenvalue weighted by molar-refractivity contribution is 9.10. The number of carbonyl (C=O) groups is 1. The minimum Gasteiger partial charge on any atom is -0.755 e. The molecule has 0 heterocycles. The zero-order chi connectivity index (χ0) is 21.1. The summed E-state index contributed by atoms with van der Waals surface area (Å²) in [6.07, 6.45) is 0. The molecule has 0 fully saturated rings. The van der Waals surface area contributed by atoms with Crippen molar-refractivity contribution in [1.82, 2.24) is 0 Å². The van der Waals surface area contributed by atoms with Crippen molar-refractivity contribution in [3.8, 4) is 0 Å². The van der Waals surface area contributed by atoms with Crippen molar-refractivity contribution in [2.75, 3.05) is 22.4 Å². The van der Waals surface area contributed by atoms with Crippen LogP contribution in [0.5, 0.6) is 0 Å². The molecule has 2 aromatic rings. The van der Waals surface area contributed by atoms with Crippen molar-refractivity contribution in [2.45, 2.75) is 6.92 Å². The monoisotopic (exact) mass is 494 g/mol. The fourth-order valence-electron chi connectivity index (χ4n) is 2.30. The summed E-state index contributed by atoms with van der Waals surface area (Å²) in [7, 11) is -3.47. The zero-order valence-electron chi connectivity index (χ0n) is 14.5. The Bertz CT molecular complexity index is 1010. The summed E-state index contributed by atoms with van der Waals surface area (Å²) in [5, 5.41) is 0. The van der Waals surface area contributed by atoms with Crippen LogP contribution >= 0.6 is 15.9 Å². The Balaban J connectivity index is 2.39. The smallest absolute Gasteiger partial charge is 0.194 e. The third-order valence-corrected chi connectivity index (χ3v) is 6.96. The van der Waals surface area contributed by atoms with Crippen molar-refractivity contribution < 1.29 is 30.8 Å². The van der Waals surface area contributed by atoms with E-state index in [2.05, 4.69) is 15.9 Å². The Morgan fingerprint density at radius 3 is 2.36 bits per heavy atom. The molecule has 0 aliphatic heterocycles. The lowest BCUT2D eigenvalue weighted by Crippen LogP contribution is -2.32. The second kappa shape index (κ2) is 9.21. The van der Waals surface area contributed by atoms with Crippen LogP contribution in [-0.4, -0.2) is 41.0 Å². The van der Waals surface area contributed by atoms with E-state index in [0.29, 0.717) is 4.31 Å². The molecule has 0 aliphatic rings. The van der Waals surface area contributed by atoms with Gasteiger partial charge in [0.1, 0.15) is 11.6 Å². The molecule has 0 radical (unpaired) electrons. The van der Waals surface area contributed by atoms with Crippen molar-refractivity contribution >= 4 is 48.5 Å². The van der Waals surface area contributed by atoms with Crippen LogP contribution < -0.4 is 4.31 Å². The second-order valence-corrected chi connectivity index (χ2v) is 9.88. The first-order chi connectivity index (χ1) is 13.1. The number of halogens is 3. The molecule has 0 aromatic heterocycles. The van der Waals surface area contributed by atoms with Gasteiger partial charge in [-0.3, -0.25) is 13.3 Å². The predicted octanol–water partition coefficient (Wildman–Crippen LogP) is 2.99. The zero-order valence-corrected chi connectivity index (χ0v) is 17.7. The van der Waals surface area contributed by atoms with E-state index in [-0.39, 0.29) is 21.4 Å². The van der Waals surface area contributed by atoms with Crippen LogP contribution in [0.3, 0.4) is 0 Å². The summed E-state index contributed by atoms with van der Waals surface area (Å²) >= 11 is 0.174. The molecule has 28 heavy (non-hydrogen) atoms. The minimum absolute atomic E-state index is 0.0920. The Hall–Kier alpha value is -1.69. The second-order valence-electron chi connectivity index (χ2n) is 5.68. The van der Waals surface area contributed by atoms with Crippen molar-refractivity contribution in [3.63, 3.8) is 0 Å². The number of hydrogen-bond acceptors (Lipinski definition) is 5. The van der Waals surface area contributed by atoms with Crippen molar-refractivity contribution in [2.24, 2.45) is 0 Å².